The van der Waals surface area contributed by atoms with Crippen LogP contribution in [0.4, 0.5) is 5.69 Å². The van der Waals surface area contributed by atoms with Crippen molar-refractivity contribution in [1.82, 2.24) is 0 Å². The van der Waals surface area contributed by atoms with E-state index in [4.69, 9.17) is 16.3 Å². The normalized spacial score (nSPS) is 11.1. The molecule has 1 N–H and O–H groups in total. The number of aryl methyl sites for hydroxylation is 1. The van der Waals surface area contributed by atoms with Crippen LogP contribution in [0, 0.1) is 6.92 Å². The van der Waals surface area contributed by atoms with E-state index in [2.05, 4.69) is 4.72 Å². The Balaban J connectivity index is 1.73. The molecule has 0 heterocycles. The highest BCUT2D eigenvalue weighted by Crippen LogP contribution is 2.26. The average molecular weight is 374 g/mol. The van der Waals surface area contributed by atoms with Gasteiger partial charge in [0.2, 0.25) is 0 Å². The van der Waals surface area contributed by atoms with Crippen LogP contribution >= 0.6 is 11.6 Å². The molecule has 6 heteroatoms. The molecule has 0 fully saturated rings. The number of nitrogens with one attached hydrogen (secondary N) is 1. The van der Waals surface area contributed by atoms with Gasteiger partial charge in [-0.25, -0.2) is 8.42 Å². The molecule has 3 rings (SSSR count). The molecule has 0 aliphatic heterocycles. The largest absolute Gasteiger partial charge is 0.457 e. The molecule has 0 saturated carbocycles. The topological polar surface area (TPSA) is 55.4 Å². The van der Waals surface area contributed by atoms with Gasteiger partial charge in [0.25, 0.3) is 10.0 Å². The van der Waals surface area contributed by atoms with Crippen molar-refractivity contribution < 1.29 is 13.2 Å². The van der Waals surface area contributed by atoms with E-state index < -0.39 is 10.0 Å². The first kappa shape index (κ1) is 17.3. The Morgan fingerprint density at radius 3 is 2.20 bits per heavy atom. The lowest BCUT2D eigenvalue weighted by atomic mass is 10.2. The van der Waals surface area contributed by atoms with E-state index >= 15 is 0 Å². The standard InChI is InChI=1S/C19H16ClNO3S/c1-14-5-11-19(12-6-14)25(22,23)21-16-7-9-17(10-8-16)24-18-4-2-3-15(20)13-18/h2-13,21H,1H3. The SMILES string of the molecule is Cc1ccc(S(=O)(=O)Nc2ccc(Oc3cccc(Cl)c3)cc2)cc1. The smallest absolute Gasteiger partial charge is 0.261 e. The highest BCUT2D eigenvalue weighted by atomic mass is 35.5. The third kappa shape index (κ3) is 4.53. The molecule has 3 aromatic rings. The van der Waals surface area contributed by atoms with Crippen LogP contribution in [0.15, 0.2) is 77.7 Å². The number of ether oxygens (including phenoxy) is 1. The van der Waals surface area contributed by atoms with E-state index in [0.717, 1.165) is 5.56 Å². The third-order valence-corrected chi connectivity index (χ3v) is 5.10. The Bertz CT molecular complexity index is 968. The van der Waals surface area contributed by atoms with Crippen molar-refractivity contribution in [3.8, 4) is 11.5 Å². The summed E-state index contributed by atoms with van der Waals surface area (Å²) in [6.07, 6.45) is 0. The second kappa shape index (κ2) is 7.17. The lowest BCUT2D eigenvalue weighted by Gasteiger charge is -2.10. The molecule has 0 aromatic heterocycles. The number of halogens is 1. The molecule has 25 heavy (non-hydrogen) atoms. The Morgan fingerprint density at radius 2 is 1.56 bits per heavy atom. The van der Waals surface area contributed by atoms with Crippen molar-refractivity contribution in [2.24, 2.45) is 0 Å². The fraction of sp³-hybridized carbons (Fsp3) is 0.0526. The lowest BCUT2D eigenvalue weighted by Crippen LogP contribution is -2.12. The zero-order valence-electron chi connectivity index (χ0n) is 13.4. The first-order valence-electron chi connectivity index (χ1n) is 7.55. The Kier molecular flexibility index (Phi) is 4.97. The summed E-state index contributed by atoms with van der Waals surface area (Å²) in [7, 11) is -3.62. The quantitative estimate of drug-likeness (QED) is 0.665. The van der Waals surface area contributed by atoms with Crippen molar-refractivity contribution in [2.45, 2.75) is 11.8 Å². The number of benzene rings is 3. The first-order chi connectivity index (χ1) is 11.9. The lowest BCUT2D eigenvalue weighted by molar-refractivity contribution is 0.483. The van der Waals surface area contributed by atoms with Gasteiger partial charge in [0.15, 0.2) is 0 Å². The van der Waals surface area contributed by atoms with E-state index in [1.807, 2.05) is 6.92 Å². The molecule has 0 spiro atoms. The maximum Gasteiger partial charge on any atom is 0.261 e. The molecule has 0 unspecified atom stereocenters. The van der Waals surface area contributed by atoms with Crippen molar-refractivity contribution >= 4 is 27.3 Å². The van der Waals surface area contributed by atoms with Crippen molar-refractivity contribution in [3.05, 3.63) is 83.4 Å². The number of hydrogen-bond acceptors (Lipinski definition) is 3. The van der Waals surface area contributed by atoms with Gasteiger partial charge in [-0.15, -0.1) is 0 Å². The fourth-order valence-corrected chi connectivity index (χ4v) is 3.43. The molecular formula is C19H16ClNO3S. The molecular weight excluding hydrogens is 358 g/mol. The summed E-state index contributed by atoms with van der Waals surface area (Å²) >= 11 is 5.92. The van der Waals surface area contributed by atoms with Gasteiger partial charge in [0, 0.05) is 10.7 Å². The summed E-state index contributed by atoms with van der Waals surface area (Å²) in [5.41, 5.74) is 1.46. The van der Waals surface area contributed by atoms with Gasteiger partial charge < -0.3 is 4.74 Å². The predicted octanol–water partition coefficient (Wildman–Crippen LogP) is 5.24. The van der Waals surface area contributed by atoms with E-state index in [-0.39, 0.29) is 4.90 Å². The van der Waals surface area contributed by atoms with Gasteiger partial charge in [-0.2, -0.15) is 0 Å². The fourth-order valence-electron chi connectivity index (χ4n) is 2.19. The summed E-state index contributed by atoms with van der Waals surface area (Å²) in [5, 5.41) is 0.583. The van der Waals surface area contributed by atoms with Crippen LogP contribution in [-0.4, -0.2) is 8.42 Å². The maximum atomic E-state index is 12.4. The molecule has 128 valence electrons. The molecule has 0 atom stereocenters. The molecule has 0 amide bonds. The van der Waals surface area contributed by atoms with Gasteiger partial charge in [0.1, 0.15) is 11.5 Å². The van der Waals surface area contributed by atoms with Gasteiger partial charge >= 0.3 is 0 Å². The zero-order chi connectivity index (χ0) is 17.9. The Labute approximate surface area is 152 Å². The molecule has 0 aliphatic rings. The first-order valence-corrected chi connectivity index (χ1v) is 9.41. The van der Waals surface area contributed by atoms with Crippen LogP contribution < -0.4 is 9.46 Å². The van der Waals surface area contributed by atoms with Crippen LogP contribution in [0.5, 0.6) is 11.5 Å². The summed E-state index contributed by atoms with van der Waals surface area (Å²) < 4.78 is 33.0. The number of rotatable bonds is 5. The monoisotopic (exact) mass is 373 g/mol. The maximum absolute atomic E-state index is 12.4. The minimum Gasteiger partial charge on any atom is -0.457 e. The highest BCUT2D eigenvalue weighted by molar-refractivity contribution is 7.92. The van der Waals surface area contributed by atoms with Crippen LogP contribution in [0.2, 0.25) is 5.02 Å². The molecule has 3 aromatic carbocycles. The number of sulfonamides is 1. The second-order valence-electron chi connectivity index (χ2n) is 5.50. The summed E-state index contributed by atoms with van der Waals surface area (Å²) in [4.78, 5) is 0.220. The Morgan fingerprint density at radius 1 is 0.880 bits per heavy atom. The van der Waals surface area contributed by atoms with Gasteiger partial charge in [-0.05, 0) is 61.5 Å². The average Bonchev–Trinajstić information content (AvgIpc) is 2.57. The zero-order valence-corrected chi connectivity index (χ0v) is 15.0. The van der Waals surface area contributed by atoms with Crippen LogP contribution in [0.1, 0.15) is 5.56 Å². The van der Waals surface area contributed by atoms with E-state index in [1.165, 1.54) is 0 Å². The summed E-state index contributed by atoms with van der Waals surface area (Å²) in [6, 6.07) is 20.4. The minimum absolute atomic E-state index is 0.220. The van der Waals surface area contributed by atoms with Crippen molar-refractivity contribution in [2.75, 3.05) is 4.72 Å². The Hall–Kier alpha value is -2.50. The van der Waals surface area contributed by atoms with Crippen molar-refractivity contribution in [3.63, 3.8) is 0 Å². The number of anilines is 1. The van der Waals surface area contributed by atoms with E-state index in [1.54, 1.807) is 72.8 Å². The van der Waals surface area contributed by atoms with E-state index in [9.17, 15) is 8.42 Å². The molecule has 0 saturated heterocycles. The van der Waals surface area contributed by atoms with E-state index in [0.29, 0.717) is 22.2 Å². The third-order valence-electron chi connectivity index (χ3n) is 3.47. The molecule has 0 radical (unpaired) electrons. The molecule has 0 aliphatic carbocycles. The predicted molar refractivity (Wildman–Crippen MR) is 100.0 cm³/mol. The molecule has 4 nitrogen and oxygen atoms in total. The van der Waals surface area contributed by atoms with Gasteiger partial charge in [0.05, 0.1) is 4.90 Å². The van der Waals surface area contributed by atoms with Gasteiger partial charge in [-0.3, -0.25) is 4.72 Å². The van der Waals surface area contributed by atoms with Crippen LogP contribution in [0.3, 0.4) is 0 Å². The molecule has 0 bridgehead atoms. The van der Waals surface area contributed by atoms with Crippen LogP contribution in [0.25, 0.3) is 0 Å². The number of hydrogen-bond donors (Lipinski definition) is 1. The van der Waals surface area contributed by atoms with Crippen LogP contribution in [-0.2, 0) is 10.0 Å². The highest BCUT2D eigenvalue weighted by Gasteiger charge is 2.13. The minimum atomic E-state index is -3.62. The second-order valence-corrected chi connectivity index (χ2v) is 7.62. The van der Waals surface area contributed by atoms with Gasteiger partial charge in [-0.1, -0.05) is 35.4 Å². The summed E-state index contributed by atoms with van der Waals surface area (Å²) in [5.74, 6) is 1.20. The summed E-state index contributed by atoms with van der Waals surface area (Å²) in [6.45, 7) is 1.91. The van der Waals surface area contributed by atoms with Crippen molar-refractivity contribution in [1.29, 1.82) is 0 Å².